The quantitative estimate of drug-likeness (QED) is 0.793. The van der Waals surface area contributed by atoms with Gasteiger partial charge in [-0.1, -0.05) is 30.7 Å². The lowest BCUT2D eigenvalue weighted by Crippen LogP contribution is -2.36. The van der Waals surface area contributed by atoms with E-state index in [1.54, 1.807) is 0 Å². The Balaban J connectivity index is 2.80. The Kier molecular flexibility index (Phi) is 7.20. The van der Waals surface area contributed by atoms with Gasteiger partial charge in [-0.25, -0.2) is 0 Å². The van der Waals surface area contributed by atoms with Crippen LogP contribution < -0.4 is 5.73 Å². The molecule has 0 radical (unpaired) electrons. The molecule has 3 heteroatoms. The van der Waals surface area contributed by atoms with Crippen molar-refractivity contribution in [2.75, 3.05) is 40.3 Å². The molecule has 114 valence electrons. The summed E-state index contributed by atoms with van der Waals surface area (Å²) in [5.41, 5.74) is 10.1. The molecule has 1 aromatic rings. The highest BCUT2D eigenvalue weighted by Gasteiger charge is 2.19. The number of nitrogens with zero attached hydrogens (tertiary/aromatic N) is 2. The van der Waals surface area contributed by atoms with Crippen molar-refractivity contribution in [2.45, 2.75) is 33.2 Å². The third kappa shape index (κ3) is 4.89. The first-order valence-corrected chi connectivity index (χ1v) is 7.65. The van der Waals surface area contributed by atoms with Crippen LogP contribution in [0.1, 0.15) is 36.1 Å². The van der Waals surface area contributed by atoms with Crippen LogP contribution in [0, 0.1) is 13.8 Å². The van der Waals surface area contributed by atoms with Gasteiger partial charge >= 0.3 is 0 Å². The molecule has 20 heavy (non-hydrogen) atoms. The number of likely N-dealkylation sites (N-methyl/N-ethyl adjacent to an activating group) is 1. The lowest BCUT2D eigenvalue weighted by atomic mass is 9.98. The van der Waals surface area contributed by atoms with Crippen molar-refractivity contribution in [3.63, 3.8) is 0 Å². The van der Waals surface area contributed by atoms with Gasteiger partial charge in [0.05, 0.1) is 0 Å². The van der Waals surface area contributed by atoms with Crippen molar-refractivity contribution < 1.29 is 0 Å². The molecule has 0 aromatic heterocycles. The van der Waals surface area contributed by atoms with Crippen molar-refractivity contribution in [1.29, 1.82) is 0 Å². The van der Waals surface area contributed by atoms with Crippen molar-refractivity contribution in [1.82, 2.24) is 9.80 Å². The molecule has 0 saturated heterocycles. The van der Waals surface area contributed by atoms with Crippen LogP contribution >= 0.6 is 0 Å². The predicted molar refractivity (Wildman–Crippen MR) is 88.1 cm³/mol. The second-order valence-corrected chi connectivity index (χ2v) is 5.90. The summed E-state index contributed by atoms with van der Waals surface area (Å²) in [5.74, 6) is 0. The van der Waals surface area contributed by atoms with Crippen molar-refractivity contribution in [3.05, 3.63) is 34.9 Å². The Labute approximate surface area is 124 Å². The molecule has 0 fully saturated rings. The van der Waals surface area contributed by atoms with E-state index in [1.807, 2.05) is 0 Å². The fraction of sp³-hybridized carbons (Fsp3) is 0.647. The second kappa shape index (κ2) is 8.40. The highest BCUT2D eigenvalue weighted by atomic mass is 15.2. The number of aryl methyl sites for hydroxylation is 2. The summed E-state index contributed by atoms with van der Waals surface area (Å²) in [7, 11) is 4.25. The smallest absolute Gasteiger partial charge is 0.0472 e. The molecule has 1 rings (SSSR count). The van der Waals surface area contributed by atoms with Gasteiger partial charge in [0.2, 0.25) is 0 Å². The van der Waals surface area contributed by atoms with E-state index in [1.165, 1.54) is 23.1 Å². The molecule has 1 aromatic carbocycles. The van der Waals surface area contributed by atoms with Gasteiger partial charge in [-0.2, -0.15) is 0 Å². The highest BCUT2D eigenvalue weighted by molar-refractivity contribution is 5.33. The van der Waals surface area contributed by atoms with E-state index in [0.717, 1.165) is 19.6 Å². The molecule has 1 unspecified atom stereocenters. The van der Waals surface area contributed by atoms with E-state index >= 15 is 0 Å². The van der Waals surface area contributed by atoms with E-state index < -0.39 is 0 Å². The maximum absolute atomic E-state index is 6.07. The van der Waals surface area contributed by atoms with Crippen LogP contribution in [0.2, 0.25) is 0 Å². The third-order valence-corrected chi connectivity index (χ3v) is 3.91. The molecule has 0 aliphatic heterocycles. The van der Waals surface area contributed by atoms with E-state index in [0.29, 0.717) is 12.6 Å². The SMILES string of the molecule is CCN(CCCN(C)C)C(CN)c1ccc(C)cc1C. The molecule has 2 N–H and O–H groups in total. The molecule has 3 nitrogen and oxygen atoms in total. The van der Waals surface area contributed by atoms with Crippen LogP contribution in [0.15, 0.2) is 18.2 Å². The minimum absolute atomic E-state index is 0.336. The summed E-state index contributed by atoms with van der Waals surface area (Å²) in [6, 6.07) is 7.03. The van der Waals surface area contributed by atoms with Crippen LogP contribution in [0.4, 0.5) is 0 Å². The minimum Gasteiger partial charge on any atom is -0.329 e. The Morgan fingerprint density at radius 2 is 1.85 bits per heavy atom. The van der Waals surface area contributed by atoms with Gasteiger partial charge in [0.25, 0.3) is 0 Å². The van der Waals surface area contributed by atoms with Crippen molar-refractivity contribution in [2.24, 2.45) is 5.73 Å². The molecular weight excluding hydrogens is 246 g/mol. The topological polar surface area (TPSA) is 32.5 Å². The van der Waals surface area contributed by atoms with Crippen LogP contribution in [0.3, 0.4) is 0 Å². The maximum Gasteiger partial charge on any atom is 0.0472 e. The number of nitrogens with two attached hydrogens (primary N) is 1. The summed E-state index contributed by atoms with van der Waals surface area (Å²) < 4.78 is 0. The Morgan fingerprint density at radius 1 is 1.15 bits per heavy atom. The number of hydrogen-bond acceptors (Lipinski definition) is 3. The van der Waals surface area contributed by atoms with Gasteiger partial charge in [0, 0.05) is 19.1 Å². The Morgan fingerprint density at radius 3 is 2.35 bits per heavy atom. The number of rotatable bonds is 8. The zero-order valence-corrected chi connectivity index (χ0v) is 13.8. The first-order valence-electron chi connectivity index (χ1n) is 7.65. The lowest BCUT2D eigenvalue weighted by molar-refractivity contribution is 0.201. The monoisotopic (exact) mass is 277 g/mol. The average molecular weight is 277 g/mol. The molecule has 0 heterocycles. The zero-order valence-electron chi connectivity index (χ0n) is 13.8. The average Bonchev–Trinajstić information content (AvgIpc) is 2.39. The van der Waals surface area contributed by atoms with E-state index in [4.69, 9.17) is 5.73 Å². The highest BCUT2D eigenvalue weighted by Crippen LogP contribution is 2.24. The van der Waals surface area contributed by atoms with Gasteiger partial charge in [-0.05, 0) is 58.6 Å². The lowest BCUT2D eigenvalue weighted by Gasteiger charge is -2.31. The van der Waals surface area contributed by atoms with Crippen LogP contribution in [-0.2, 0) is 0 Å². The molecule has 0 bridgehead atoms. The summed E-state index contributed by atoms with van der Waals surface area (Å²) in [5, 5.41) is 0. The van der Waals surface area contributed by atoms with Crippen LogP contribution in [0.5, 0.6) is 0 Å². The molecular formula is C17H31N3. The fourth-order valence-corrected chi connectivity index (χ4v) is 2.80. The fourth-order valence-electron chi connectivity index (χ4n) is 2.80. The first-order chi connectivity index (χ1) is 9.49. The summed E-state index contributed by atoms with van der Waals surface area (Å²) in [6.45, 7) is 10.5. The summed E-state index contributed by atoms with van der Waals surface area (Å²) >= 11 is 0. The minimum atomic E-state index is 0.336. The molecule has 0 spiro atoms. The van der Waals surface area contributed by atoms with E-state index in [-0.39, 0.29) is 0 Å². The predicted octanol–water partition coefficient (Wildman–Crippen LogP) is 2.58. The standard InChI is InChI=1S/C17H31N3/c1-6-20(11-7-10-19(4)5)17(13-18)16-9-8-14(2)12-15(16)3/h8-9,12,17H,6-7,10-11,13,18H2,1-5H3. The van der Waals surface area contributed by atoms with Gasteiger partial charge in [-0.3, -0.25) is 4.90 Å². The van der Waals surface area contributed by atoms with Crippen LogP contribution in [-0.4, -0.2) is 50.1 Å². The van der Waals surface area contributed by atoms with Crippen LogP contribution in [0.25, 0.3) is 0 Å². The van der Waals surface area contributed by atoms with Gasteiger partial charge in [0.15, 0.2) is 0 Å². The van der Waals surface area contributed by atoms with Crippen molar-refractivity contribution in [3.8, 4) is 0 Å². The maximum atomic E-state index is 6.07. The summed E-state index contributed by atoms with van der Waals surface area (Å²) in [4.78, 5) is 4.74. The molecule has 1 atom stereocenters. The van der Waals surface area contributed by atoms with Gasteiger partial charge in [-0.15, -0.1) is 0 Å². The first kappa shape index (κ1) is 17.2. The molecule has 0 saturated carbocycles. The zero-order chi connectivity index (χ0) is 15.1. The number of hydrogen-bond donors (Lipinski definition) is 1. The molecule has 0 aliphatic carbocycles. The third-order valence-electron chi connectivity index (χ3n) is 3.91. The second-order valence-electron chi connectivity index (χ2n) is 5.90. The van der Waals surface area contributed by atoms with Gasteiger partial charge < -0.3 is 10.6 Å². The normalized spacial score (nSPS) is 13.2. The summed E-state index contributed by atoms with van der Waals surface area (Å²) in [6.07, 6.45) is 1.18. The molecule has 0 aliphatic rings. The Hall–Kier alpha value is -0.900. The van der Waals surface area contributed by atoms with E-state index in [2.05, 4.69) is 62.9 Å². The largest absolute Gasteiger partial charge is 0.329 e. The number of benzene rings is 1. The Bertz CT molecular complexity index is 401. The molecule has 0 amide bonds. The van der Waals surface area contributed by atoms with Crippen molar-refractivity contribution >= 4 is 0 Å². The van der Waals surface area contributed by atoms with E-state index in [9.17, 15) is 0 Å². The van der Waals surface area contributed by atoms with Gasteiger partial charge in [0.1, 0.15) is 0 Å².